The number of rotatable bonds is 8. The van der Waals surface area contributed by atoms with Crippen LogP contribution in [0.1, 0.15) is 26.3 Å². The maximum Gasteiger partial charge on any atom is 0.0328 e. The van der Waals surface area contributed by atoms with Crippen molar-refractivity contribution in [3.63, 3.8) is 0 Å². The molecule has 4 rings (SSSR count). The van der Waals surface area contributed by atoms with Gasteiger partial charge in [0, 0.05) is 22.2 Å². The third-order valence-corrected chi connectivity index (χ3v) is 11.5. The molecule has 0 fully saturated rings. The van der Waals surface area contributed by atoms with Crippen LogP contribution in [0.15, 0.2) is 115 Å². The molecule has 0 saturated heterocycles. The van der Waals surface area contributed by atoms with Gasteiger partial charge in [0.2, 0.25) is 0 Å². The minimum atomic E-state index is -0.705. The van der Waals surface area contributed by atoms with E-state index in [2.05, 4.69) is 140 Å². The van der Waals surface area contributed by atoms with Gasteiger partial charge in [-0.3, -0.25) is 0 Å². The summed E-state index contributed by atoms with van der Waals surface area (Å²) in [5.74, 6) is 0. The second-order valence-corrected chi connectivity index (χ2v) is 12.5. The van der Waals surface area contributed by atoms with Crippen LogP contribution >= 0.6 is 16.1 Å². The van der Waals surface area contributed by atoms with Crippen LogP contribution in [0, 0.1) is 0 Å². The highest BCUT2D eigenvalue weighted by molar-refractivity contribution is 7.84. The van der Waals surface area contributed by atoms with Crippen LogP contribution in [0.3, 0.4) is 0 Å². The Hall–Kier alpha value is -2.30. The Morgan fingerprint density at radius 1 is 0.562 bits per heavy atom. The van der Waals surface area contributed by atoms with Crippen LogP contribution in [-0.2, 0) is 6.42 Å². The molecular weight excluding hydrogens is 424 g/mol. The predicted molar refractivity (Wildman–Crippen MR) is 144 cm³/mol. The van der Waals surface area contributed by atoms with Crippen LogP contribution in [0.4, 0.5) is 0 Å². The summed E-state index contributed by atoms with van der Waals surface area (Å²) in [7, 11) is -1.40. The largest absolute Gasteiger partial charge is 0.242 e. The molecule has 0 radical (unpaired) electrons. The summed E-state index contributed by atoms with van der Waals surface area (Å²) in [6.07, 6.45) is 1.04. The lowest BCUT2D eigenvalue weighted by Crippen LogP contribution is -2.36. The average Bonchev–Trinajstić information content (AvgIpc) is 2.85. The molecule has 4 aromatic carbocycles. The molecule has 4 aromatic rings. The van der Waals surface area contributed by atoms with Gasteiger partial charge in [-0.15, -0.1) is 0 Å². The Labute approximate surface area is 195 Å². The van der Waals surface area contributed by atoms with E-state index in [-0.39, 0.29) is 0 Å². The molecule has 0 aliphatic rings. The topological polar surface area (TPSA) is 3.24 Å². The van der Waals surface area contributed by atoms with Crippen molar-refractivity contribution in [1.82, 2.24) is 4.44 Å². The smallest absolute Gasteiger partial charge is 0.0328 e. The van der Waals surface area contributed by atoms with E-state index in [1.54, 1.807) is 0 Å². The SMILES string of the molecule is CCc1ccccc1P(c1ccccc1)N(C(C)C)P(c1ccccc1)c1ccccc1. The fourth-order valence-electron chi connectivity index (χ4n) is 4.03. The van der Waals surface area contributed by atoms with E-state index in [4.69, 9.17) is 0 Å². The van der Waals surface area contributed by atoms with Gasteiger partial charge < -0.3 is 0 Å². The molecule has 0 saturated carbocycles. The van der Waals surface area contributed by atoms with Crippen molar-refractivity contribution in [1.29, 1.82) is 0 Å². The Bertz CT molecular complexity index is 1060. The molecular formula is C29H31NP2. The molecule has 0 bridgehead atoms. The molecule has 1 unspecified atom stereocenters. The minimum absolute atomic E-state index is 0.387. The minimum Gasteiger partial charge on any atom is -0.242 e. The predicted octanol–water partition coefficient (Wildman–Crippen LogP) is 6.36. The summed E-state index contributed by atoms with van der Waals surface area (Å²) in [5, 5.41) is 5.69. The molecule has 0 aliphatic heterocycles. The lowest BCUT2D eigenvalue weighted by Gasteiger charge is -2.42. The van der Waals surface area contributed by atoms with Gasteiger partial charge in [0.05, 0.1) is 0 Å². The third-order valence-electron chi connectivity index (χ3n) is 5.47. The lowest BCUT2D eigenvalue weighted by molar-refractivity contribution is 0.583. The molecule has 0 aromatic heterocycles. The van der Waals surface area contributed by atoms with Gasteiger partial charge in [0.15, 0.2) is 0 Å². The second-order valence-electron chi connectivity index (χ2n) is 8.03. The van der Waals surface area contributed by atoms with Crippen LogP contribution in [-0.4, -0.2) is 10.5 Å². The molecule has 1 atom stereocenters. The van der Waals surface area contributed by atoms with Crippen molar-refractivity contribution < 1.29 is 0 Å². The normalized spacial score (nSPS) is 12.4. The van der Waals surface area contributed by atoms with Gasteiger partial charge in [-0.1, -0.05) is 122 Å². The van der Waals surface area contributed by atoms with Crippen molar-refractivity contribution in [2.75, 3.05) is 0 Å². The van der Waals surface area contributed by atoms with Crippen LogP contribution < -0.4 is 21.2 Å². The number of nitrogens with zero attached hydrogens (tertiary/aromatic N) is 1. The summed E-state index contributed by atoms with van der Waals surface area (Å²) in [5.41, 5.74) is 1.45. The first-order valence-corrected chi connectivity index (χ1v) is 13.9. The van der Waals surface area contributed by atoms with Gasteiger partial charge in [-0.2, -0.15) is 0 Å². The van der Waals surface area contributed by atoms with Gasteiger partial charge in [-0.25, -0.2) is 4.44 Å². The number of aryl methyl sites for hydroxylation is 1. The standard InChI is InChI=1S/C29H31NP2/c1-4-25-16-14-15-23-29(25)32(28-21-12-7-13-22-28)30(24(2)3)31(26-17-8-5-9-18-26)27-19-10-6-11-20-27/h5-24H,4H2,1-3H3. The fourth-order valence-corrected chi connectivity index (χ4v) is 10.5. The lowest BCUT2D eigenvalue weighted by atomic mass is 10.2. The van der Waals surface area contributed by atoms with Gasteiger partial charge in [0.25, 0.3) is 0 Å². The number of benzene rings is 4. The van der Waals surface area contributed by atoms with Crippen molar-refractivity contribution in [3.8, 4) is 0 Å². The quantitative estimate of drug-likeness (QED) is 0.280. The average molecular weight is 456 g/mol. The first-order chi connectivity index (χ1) is 15.7. The highest BCUT2D eigenvalue weighted by Crippen LogP contribution is 2.56. The zero-order chi connectivity index (χ0) is 22.3. The van der Waals surface area contributed by atoms with E-state index in [9.17, 15) is 0 Å². The van der Waals surface area contributed by atoms with Gasteiger partial charge >= 0.3 is 0 Å². The highest BCUT2D eigenvalue weighted by Gasteiger charge is 2.34. The Kier molecular flexibility index (Phi) is 7.88. The molecule has 0 spiro atoms. The second kappa shape index (κ2) is 11.0. The molecule has 0 N–H and O–H groups in total. The molecule has 3 heteroatoms. The summed E-state index contributed by atoms with van der Waals surface area (Å²) >= 11 is 0. The summed E-state index contributed by atoms with van der Waals surface area (Å²) < 4.78 is 2.82. The Balaban J connectivity index is 1.96. The highest BCUT2D eigenvalue weighted by atomic mass is 31.2. The fraction of sp³-hybridized carbons (Fsp3) is 0.172. The molecule has 1 nitrogen and oxygen atoms in total. The first-order valence-electron chi connectivity index (χ1n) is 11.3. The van der Waals surface area contributed by atoms with E-state index in [0.717, 1.165) is 6.42 Å². The van der Waals surface area contributed by atoms with Gasteiger partial charge in [-0.05, 0) is 47.0 Å². The maximum absolute atomic E-state index is 2.82. The van der Waals surface area contributed by atoms with E-state index in [0.29, 0.717) is 6.04 Å². The zero-order valence-electron chi connectivity index (χ0n) is 19.1. The van der Waals surface area contributed by atoms with Crippen LogP contribution in [0.2, 0.25) is 0 Å². The van der Waals surface area contributed by atoms with E-state index >= 15 is 0 Å². The molecule has 0 amide bonds. The van der Waals surface area contributed by atoms with Crippen molar-refractivity contribution in [2.45, 2.75) is 33.2 Å². The summed E-state index contributed by atoms with van der Waals surface area (Å²) in [4.78, 5) is 0. The summed E-state index contributed by atoms with van der Waals surface area (Å²) in [6.45, 7) is 6.98. The van der Waals surface area contributed by atoms with Crippen molar-refractivity contribution in [2.24, 2.45) is 0 Å². The first kappa shape index (κ1) is 22.9. The zero-order valence-corrected chi connectivity index (χ0v) is 20.9. The molecule has 0 heterocycles. The Morgan fingerprint density at radius 2 is 0.969 bits per heavy atom. The summed E-state index contributed by atoms with van der Waals surface area (Å²) in [6, 6.07) is 42.7. The number of hydrogen-bond acceptors (Lipinski definition) is 1. The van der Waals surface area contributed by atoms with Crippen molar-refractivity contribution in [3.05, 3.63) is 121 Å². The van der Waals surface area contributed by atoms with E-state index in [1.165, 1.54) is 26.8 Å². The van der Waals surface area contributed by atoms with Crippen LogP contribution in [0.25, 0.3) is 0 Å². The Morgan fingerprint density at radius 3 is 1.41 bits per heavy atom. The third kappa shape index (κ3) is 5.02. The maximum atomic E-state index is 2.82. The van der Waals surface area contributed by atoms with Gasteiger partial charge in [0.1, 0.15) is 0 Å². The molecule has 0 aliphatic carbocycles. The molecule has 162 valence electrons. The number of hydrogen-bond donors (Lipinski definition) is 0. The van der Waals surface area contributed by atoms with Crippen molar-refractivity contribution >= 4 is 37.4 Å². The monoisotopic (exact) mass is 455 g/mol. The molecule has 32 heavy (non-hydrogen) atoms. The van der Waals surface area contributed by atoms with Crippen LogP contribution in [0.5, 0.6) is 0 Å². The van der Waals surface area contributed by atoms with E-state index < -0.39 is 16.1 Å². The van der Waals surface area contributed by atoms with E-state index in [1.807, 2.05) is 0 Å².